The van der Waals surface area contributed by atoms with Gasteiger partial charge in [-0.25, -0.2) is 0 Å². The van der Waals surface area contributed by atoms with Gasteiger partial charge in [0.15, 0.2) is 0 Å². The number of thiophene rings is 1. The Kier molecular flexibility index (Phi) is 8.02. The number of hydrogen-bond donors (Lipinski definition) is 0. The van der Waals surface area contributed by atoms with Crippen molar-refractivity contribution in [3.63, 3.8) is 0 Å². The van der Waals surface area contributed by atoms with Crippen molar-refractivity contribution < 1.29 is 4.42 Å². The summed E-state index contributed by atoms with van der Waals surface area (Å²) in [4.78, 5) is 2.64. The van der Waals surface area contributed by atoms with Gasteiger partial charge in [-0.1, -0.05) is 166 Å². The van der Waals surface area contributed by atoms with Crippen LogP contribution in [-0.2, 0) is 5.41 Å². The van der Waals surface area contributed by atoms with E-state index < -0.39 is 0 Å². The number of aromatic nitrogens is 1. The van der Waals surface area contributed by atoms with Crippen molar-refractivity contribution in [3.8, 4) is 44.5 Å². The lowest BCUT2D eigenvalue weighted by Gasteiger charge is -2.42. The molecule has 15 rings (SSSR count). The Bertz CT molecular complexity index is 4290. The van der Waals surface area contributed by atoms with Gasteiger partial charge in [-0.3, -0.25) is 0 Å². The van der Waals surface area contributed by atoms with Crippen molar-refractivity contribution in [2.75, 3.05) is 4.90 Å². The fourth-order valence-corrected chi connectivity index (χ4v) is 13.2. The van der Waals surface area contributed by atoms with Crippen LogP contribution in [0.1, 0.15) is 26.3 Å². The molecule has 324 valence electrons. The van der Waals surface area contributed by atoms with Crippen LogP contribution in [-0.4, -0.2) is 11.3 Å². The summed E-state index contributed by atoms with van der Waals surface area (Å²) in [5.74, 6) is 0. The predicted molar refractivity (Wildman–Crippen MR) is 295 cm³/mol. The van der Waals surface area contributed by atoms with E-state index in [9.17, 15) is 0 Å². The van der Waals surface area contributed by atoms with Crippen LogP contribution in [0.3, 0.4) is 0 Å². The third kappa shape index (κ3) is 5.51. The predicted octanol–water partition coefficient (Wildman–Crippen LogP) is 16.8. The molecule has 0 bridgehead atoms. The van der Waals surface area contributed by atoms with E-state index in [1.54, 1.807) is 0 Å². The molecule has 69 heavy (non-hydrogen) atoms. The molecule has 3 nitrogen and oxygen atoms in total. The maximum Gasteiger partial charge on any atom is 0.333 e. The zero-order chi connectivity index (χ0) is 45.7. The molecule has 0 amide bonds. The Morgan fingerprint density at radius 1 is 0.478 bits per heavy atom. The van der Waals surface area contributed by atoms with Crippen LogP contribution in [0.5, 0.6) is 0 Å². The second kappa shape index (κ2) is 14.2. The third-order valence-electron chi connectivity index (χ3n) is 15.1. The van der Waals surface area contributed by atoms with E-state index in [1.807, 2.05) is 11.3 Å². The van der Waals surface area contributed by atoms with E-state index in [-0.39, 0.29) is 12.3 Å². The second-order valence-corrected chi connectivity index (χ2v) is 21.0. The molecular formula is C64H43BN2OS. The Morgan fingerprint density at radius 2 is 1.16 bits per heavy atom. The van der Waals surface area contributed by atoms with Gasteiger partial charge in [-0.2, -0.15) is 0 Å². The monoisotopic (exact) mass is 898 g/mol. The van der Waals surface area contributed by atoms with Crippen molar-refractivity contribution >= 4 is 110 Å². The molecule has 0 atom stereocenters. The summed E-state index contributed by atoms with van der Waals surface area (Å²) in [6, 6.07) is 76.9. The first-order valence-corrected chi connectivity index (χ1v) is 24.8. The fraction of sp³-hybridized carbons (Fsp3) is 0.0625. The number of rotatable bonds is 4. The maximum absolute atomic E-state index is 6.84. The van der Waals surface area contributed by atoms with E-state index in [0.717, 1.165) is 27.6 Å². The van der Waals surface area contributed by atoms with Gasteiger partial charge in [-0.15, -0.1) is 11.3 Å². The highest BCUT2D eigenvalue weighted by Gasteiger charge is 2.45. The van der Waals surface area contributed by atoms with Gasteiger partial charge in [0.25, 0.3) is 0 Å². The van der Waals surface area contributed by atoms with Crippen molar-refractivity contribution in [2.45, 2.75) is 26.2 Å². The number of para-hydroxylation sites is 1. The van der Waals surface area contributed by atoms with Gasteiger partial charge in [0, 0.05) is 69.7 Å². The molecule has 3 aromatic heterocycles. The average Bonchev–Trinajstić information content (AvgIpc) is 4.07. The average molecular weight is 899 g/mol. The zero-order valence-electron chi connectivity index (χ0n) is 38.4. The Balaban J connectivity index is 1.17. The third-order valence-corrected chi connectivity index (χ3v) is 16.3. The molecule has 0 N–H and O–H groups in total. The lowest BCUT2D eigenvalue weighted by atomic mass is 9.45. The zero-order valence-corrected chi connectivity index (χ0v) is 39.2. The van der Waals surface area contributed by atoms with Gasteiger partial charge >= 0.3 is 6.85 Å². The lowest BCUT2D eigenvalue weighted by molar-refractivity contribution is 0.590. The van der Waals surface area contributed by atoms with E-state index in [4.69, 9.17) is 4.42 Å². The summed E-state index contributed by atoms with van der Waals surface area (Å²) in [7, 11) is 0. The molecule has 13 aromatic rings. The summed E-state index contributed by atoms with van der Waals surface area (Å²) < 4.78 is 12.2. The van der Waals surface area contributed by atoms with Gasteiger partial charge in [0.1, 0.15) is 11.2 Å². The van der Waals surface area contributed by atoms with Crippen LogP contribution >= 0.6 is 11.3 Å². The summed E-state index contributed by atoms with van der Waals surface area (Å²) in [6.45, 7) is 6.80. The Morgan fingerprint density at radius 3 is 1.93 bits per heavy atom. The SMILES string of the molecule is CC(C)(C)c1ccc(N2c3cc4c(sc5ccccc54)c4c3B(c3ccc5oc6ccccc6c5c32)n2c3ccc(-c5ccccc5)cc3c3cc(-c5ccccc5)cc-4c32)c(-c2ccccc2)c1. The van der Waals surface area contributed by atoms with Crippen LogP contribution in [0.2, 0.25) is 0 Å². The van der Waals surface area contributed by atoms with Crippen LogP contribution in [0.15, 0.2) is 211 Å². The molecule has 2 aliphatic heterocycles. The minimum absolute atomic E-state index is 0.0595. The van der Waals surface area contributed by atoms with Gasteiger partial charge in [0.2, 0.25) is 0 Å². The number of nitrogens with zero attached hydrogens (tertiary/aromatic N) is 2. The highest BCUT2D eigenvalue weighted by molar-refractivity contribution is 7.26. The maximum atomic E-state index is 6.84. The summed E-state index contributed by atoms with van der Waals surface area (Å²) in [5, 5.41) is 7.34. The highest BCUT2D eigenvalue weighted by atomic mass is 32.1. The molecule has 5 heteroatoms. The van der Waals surface area contributed by atoms with Crippen molar-refractivity contribution in [2.24, 2.45) is 0 Å². The molecule has 0 fully saturated rings. The summed E-state index contributed by atoms with van der Waals surface area (Å²) in [6.07, 6.45) is 0. The van der Waals surface area contributed by atoms with Gasteiger partial charge in [0.05, 0.1) is 16.8 Å². The highest BCUT2D eigenvalue weighted by Crippen LogP contribution is 2.54. The molecule has 0 saturated carbocycles. The van der Waals surface area contributed by atoms with Crippen LogP contribution in [0, 0.1) is 0 Å². The first kappa shape index (κ1) is 38.9. The molecular weight excluding hydrogens is 856 g/mol. The molecule has 0 spiro atoms. The fourth-order valence-electron chi connectivity index (χ4n) is 12.0. The van der Waals surface area contributed by atoms with Crippen LogP contribution < -0.4 is 15.8 Å². The number of anilines is 3. The van der Waals surface area contributed by atoms with Crippen molar-refractivity contribution in [1.29, 1.82) is 0 Å². The van der Waals surface area contributed by atoms with E-state index in [0.29, 0.717) is 0 Å². The number of hydrogen-bond acceptors (Lipinski definition) is 3. The molecule has 0 aliphatic carbocycles. The molecule has 0 saturated heterocycles. The van der Waals surface area contributed by atoms with Crippen molar-refractivity contribution in [1.82, 2.24) is 4.48 Å². The largest absolute Gasteiger partial charge is 0.456 e. The summed E-state index contributed by atoms with van der Waals surface area (Å²) >= 11 is 1.93. The Labute approximate surface area is 404 Å². The van der Waals surface area contributed by atoms with Gasteiger partial charge < -0.3 is 13.8 Å². The molecule has 0 unspecified atom stereocenters. The standard InChI is InChI=1S/C64H43BN2OS/c1-64(2,3)43-28-31-52(46(36-43)40-21-11-6-12-22-40)66-54-37-49-44-23-14-16-26-57(44)69-63(49)59-50-35-42(39-19-9-5-10-20-39)34-48-47-33-41(38-17-7-4-8-18-38)27-30-53(47)67(61(48)50)65(60(54)59)51-29-32-56-58(62(51)66)45-24-13-15-25-55(45)68-56/h4-37H,1-3H3. The smallest absolute Gasteiger partial charge is 0.333 e. The van der Waals surface area contributed by atoms with E-state index in [1.165, 1.54) is 114 Å². The topological polar surface area (TPSA) is 21.3 Å². The minimum Gasteiger partial charge on any atom is -0.456 e. The van der Waals surface area contributed by atoms with Gasteiger partial charge in [-0.05, 0) is 110 Å². The number of furan rings is 1. The number of fused-ring (bicyclic) bond motifs is 15. The van der Waals surface area contributed by atoms with E-state index in [2.05, 4.69) is 236 Å². The normalized spacial score (nSPS) is 13.1. The second-order valence-electron chi connectivity index (χ2n) is 20.0. The first-order chi connectivity index (χ1) is 33.9. The first-order valence-electron chi connectivity index (χ1n) is 24.0. The molecule has 5 heterocycles. The minimum atomic E-state index is -0.152. The van der Waals surface area contributed by atoms with E-state index >= 15 is 0 Å². The number of benzene rings is 10. The molecule has 2 aliphatic rings. The van der Waals surface area contributed by atoms with Crippen LogP contribution in [0.25, 0.3) is 108 Å². The lowest BCUT2D eigenvalue weighted by Crippen LogP contribution is -2.56. The van der Waals surface area contributed by atoms with Crippen molar-refractivity contribution in [3.05, 3.63) is 212 Å². The molecule has 0 radical (unpaired) electrons. The molecule has 10 aromatic carbocycles. The van der Waals surface area contributed by atoms with Crippen LogP contribution in [0.4, 0.5) is 17.1 Å². The Hall–Kier alpha value is -8.12. The summed E-state index contributed by atoms with van der Waals surface area (Å²) in [5.41, 5.74) is 21.5. The quantitative estimate of drug-likeness (QED) is 0.164.